The van der Waals surface area contributed by atoms with Gasteiger partial charge in [-0.3, -0.25) is 14.5 Å². The molecule has 1 fully saturated rings. The van der Waals surface area contributed by atoms with Gasteiger partial charge in [-0.2, -0.15) is 0 Å². The summed E-state index contributed by atoms with van der Waals surface area (Å²) in [6.07, 6.45) is 0.271. The first kappa shape index (κ1) is 18.9. The maximum Gasteiger partial charge on any atom is 0.320 e. The van der Waals surface area contributed by atoms with Crippen molar-refractivity contribution >= 4 is 11.9 Å². The van der Waals surface area contributed by atoms with E-state index in [-0.39, 0.29) is 30.9 Å². The smallest absolute Gasteiger partial charge is 0.320 e. The molecule has 0 aromatic heterocycles. The van der Waals surface area contributed by atoms with Crippen molar-refractivity contribution in [3.63, 3.8) is 0 Å². The molecule has 0 radical (unpaired) electrons. The Hall–Kier alpha value is -1.14. The fourth-order valence-electron chi connectivity index (χ4n) is 2.33. The topological polar surface area (TPSA) is 67.9 Å². The summed E-state index contributed by atoms with van der Waals surface area (Å²) in [4.78, 5) is 26.0. The van der Waals surface area contributed by atoms with Gasteiger partial charge in [0, 0.05) is 25.7 Å². The van der Waals surface area contributed by atoms with Crippen LogP contribution in [0.1, 0.15) is 48.0 Å². The van der Waals surface area contributed by atoms with Crippen molar-refractivity contribution in [3.05, 3.63) is 0 Å². The predicted octanol–water partition coefficient (Wildman–Crippen LogP) is 1.33. The number of nitrogens with one attached hydrogen (secondary N) is 1. The second kappa shape index (κ2) is 7.42. The Labute approximate surface area is 133 Å². The fourth-order valence-corrected chi connectivity index (χ4v) is 2.33. The van der Waals surface area contributed by atoms with Crippen molar-refractivity contribution in [1.82, 2.24) is 10.2 Å². The highest BCUT2D eigenvalue weighted by Crippen LogP contribution is 2.14. The van der Waals surface area contributed by atoms with Gasteiger partial charge in [0.1, 0.15) is 11.2 Å². The summed E-state index contributed by atoms with van der Waals surface area (Å²) in [6, 6.07) is -0.0453. The van der Waals surface area contributed by atoms with Crippen LogP contribution in [0.25, 0.3) is 0 Å². The van der Waals surface area contributed by atoms with E-state index >= 15 is 0 Å². The molecule has 128 valence electrons. The molecule has 1 rings (SSSR count). The molecule has 1 aliphatic heterocycles. The molecule has 1 saturated heterocycles. The third-order valence-corrected chi connectivity index (χ3v) is 3.05. The van der Waals surface area contributed by atoms with Gasteiger partial charge in [0.2, 0.25) is 0 Å². The lowest BCUT2D eigenvalue weighted by molar-refractivity contribution is -0.161. The van der Waals surface area contributed by atoms with Crippen LogP contribution in [0.3, 0.4) is 0 Å². The van der Waals surface area contributed by atoms with Crippen LogP contribution in [0.4, 0.5) is 0 Å². The number of hydrogen-bond acceptors (Lipinski definition) is 6. The number of nitrogens with zero attached hydrogens (tertiary/aromatic N) is 1. The Morgan fingerprint density at radius 3 is 2.14 bits per heavy atom. The van der Waals surface area contributed by atoms with Crippen LogP contribution in [0.2, 0.25) is 0 Å². The van der Waals surface area contributed by atoms with E-state index in [1.165, 1.54) is 0 Å². The number of hydrogen-bond donors (Lipinski definition) is 1. The zero-order chi connectivity index (χ0) is 17.0. The summed E-state index contributed by atoms with van der Waals surface area (Å²) >= 11 is 0. The Bertz CT molecular complexity index is 358. The molecular formula is C16H30N2O4. The van der Waals surface area contributed by atoms with Crippen molar-refractivity contribution in [2.45, 2.75) is 65.2 Å². The van der Waals surface area contributed by atoms with Crippen molar-refractivity contribution < 1.29 is 19.1 Å². The monoisotopic (exact) mass is 314 g/mol. The largest absolute Gasteiger partial charge is 0.460 e. The lowest BCUT2D eigenvalue weighted by atomic mass is 10.1. The summed E-state index contributed by atoms with van der Waals surface area (Å²) in [5.41, 5.74) is -0.985. The van der Waals surface area contributed by atoms with E-state index in [1.807, 2.05) is 46.4 Å². The van der Waals surface area contributed by atoms with Crippen molar-refractivity contribution in [1.29, 1.82) is 0 Å². The van der Waals surface area contributed by atoms with Gasteiger partial charge in [0.25, 0.3) is 0 Å². The number of piperazine rings is 1. The highest BCUT2D eigenvalue weighted by molar-refractivity contribution is 5.73. The zero-order valence-corrected chi connectivity index (χ0v) is 14.7. The summed E-state index contributed by atoms with van der Waals surface area (Å²) in [6.45, 7) is 13.5. The van der Waals surface area contributed by atoms with E-state index in [1.54, 1.807) is 0 Å². The minimum atomic E-state index is -0.494. The van der Waals surface area contributed by atoms with Gasteiger partial charge in [-0.15, -0.1) is 0 Å². The fraction of sp³-hybridized carbons (Fsp3) is 0.875. The maximum atomic E-state index is 12.0. The molecule has 1 N–H and O–H groups in total. The van der Waals surface area contributed by atoms with Crippen LogP contribution in [0.15, 0.2) is 0 Å². The number of rotatable bonds is 4. The summed E-state index contributed by atoms with van der Waals surface area (Å²) in [5, 5.41) is 3.25. The highest BCUT2D eigenvalue weighted by atomic mass is 16.6. The molecule has 22 heavy (non-hydrogen) atoms. The van der Waals surface area contributed by atoms with Gasteiger partial charge in [0.15, 0.2) is 0 Å². The molecule has 1 unspecified atom stereocenters. The van der Waals surface area contributed by atoms with Crippen LogP contribution in [-0.2, 0) is 19.1 Å². The van der Waals surface area contributed by atoms with E-state index in [0.717, 1.165) is 6.54 Å². The Morgan fingerprint density at radius 1 is 1.05 bits per heavy atom. The minimum Gasteiger partial charge on any atom is -0.460 e. The third-order valence-electron chi connectivity index (χ3n) is 3.05. The second-order valence-corrected chi connectivity index (χ2v) is 7.71. The quantitative estimate of drug-likeness (QED) is 0.790. The van der Waals surface area contributed by atoms with Crippen LogP contribution < -0.4 is 5.32 Å². The third kappa shape index (κ3) is 7.75. The van der Waals surface area contributed by atoms with Crippen LogP contribution in [-0.4, -0.2) is 60.3 Å². The van der Waals surface area contributed by atoms with Crippen LogP contribution in [0.5, 0.6) is 0 Å². The van der Waals surface area contributed by atoms with Gasteiger partial charge < -0.3 is 14.8 Å². The summed E-state index contributed by atoms with van der Waals surface area (Å²) in [5.74, 6) is -0.501. The van der Waals surface area contributed by atoms with Gasteiger partial charge in [-0.05, 0) is 41.5 Å². The number of carbonyl (C=O) groups excluding carboxylic acids is 2. The SMILES string of the molecule is CC(C)(C)OC(=O)CC1CNCCN1CC(=O)OC(C)(C)C. The van der Waals surface area contributed by atoms with E-state index < -0.39 is 11.2 Å². The van der Waals surface area contributed by atoms with Crippen LogP contribution >= 0.6 is 0 Å². The molecule has 0 aliphatic carbocycles. The van der Waals surface area contributed by atoms with Crippen molar-refractivity contribution in [2.75, 3.05) is 26.2 Å². The van der Waals surface area contributed by atoms with Crippen molar-refractivity contribution in [3.8, 4) is 0 Å². The average molecular weight is 314 g/mol. The second-order valence-electron chi connectivity index (χ2n) is 7.71. The molecule has 6 heteroatoms. The summed E-state index contributed by atoms with van der Waals surface area (Å²) < 4.78 is 10.7. The maximum absolute atomic E-state index is 12.0. The first-order valence-corrected chi connectivity index (χ1v) is 7.85. The molecule has 0 bridgehead atoms. The average Bonchev–Trinajstić information content (AvgIpc) is 2.26. The van der Waals surface area contributed by atoms with E-state index in [4.69, 9.17) is 9.47 Å². The minimum absolute atomic E-state index is 0.0453. The number of esters is 2. The van der Waals surface area contributed by atoms with E-state index in [9.17, 15) is 9.59 Å². The molecule has 1 aliphatic rings. The Kier molecular flexibility index (Phi) is 6.38. The van der Waals surface area contributed by atoms with Gasteiger partial charge >= 0.3 is 11.9 Å². The molecule has 0 aromatic rings. The molecule has 6 nitrogen and oxygen atoms in total. The van der Waals surface area contributed by atoms with E-state index in [2.05, 4.69) is 5.32 Å². The molecule has 0 spiro atoms. The summed E-state index contributed by atoms with van der Waals surface area (Å²) in [7, 11) is 0. The van der Waals surface area contributed by atoms with Crippen LogP contribution in [0, 0.1) is 0 Å². The number of ether oxygens (including phenoxy) is 2. The van der Waals surface area contributed by atoms with Gasteiger partial charge in [0.05, 0.1) is 13.0 Å². The Balaban J connectivity index is 2.56. The van der Waals surface area contributed by atoms with Gasteiger partial charge in [-0.1, -0.05) is 0 Å². The lowest BCUT2D eigenvalue weighted by Crippen LogP contribution is -2.54. The van der Waals surface area contributed by atoms with Crippen molar-refractivity contribution in [2.24, 2.45) is 0 Å². The number of carbonyl (C=O) groups is 2. The first-order valence-electron chi connectivity index (χ1n) is 7.85. The van der Waals surface area contributed by atoms with Gasteiger partial charge in [-0.25, -0.2) is 0 Å². The molecule has 0 aromatic carbocycles. The molecule has 1 heterocycles. The highest BCUT2D eigenvalue weighted by Gasteiger charge is 2.29. The standard InChI is InChI=1S/C16H30N2O4/c1-15(2,3)21-13(19)9-12-10-17-7-8-18(12)11-14(20)22-16(4,5)6/h12,17H,7-11H2,1-6H3. The molecule has 0 saturated carbocycles. The van der Waals surface area contributed by atoms with E-state index in [0.29, 0.717) is 13.1 Å². The molecular weight excluding hydrogens is 284 g/mol. The first-order chi connectivity index (χ1) is 9.96. The Morgan fingerprint density at radius 2 is 1.59 bits per heavy atom. The molecule has 0 amide bonds. The zero-order valence-electron chi connectivity index (χ0n) is 14.7. The normalized spacial score (nSPS) is 20.5. The lowest BCUT2D eigenvalue weighted by Gasteiger charge is -2.36. The molecule has 1 atom stereocenters. The predicted molar refractivity (Wildman–Crippen MR) is 84.5 cm³/mol.